The molecular formula is C17H17N3O6. The molecule has 3 N–H and O–H groups in total. The highest BCUT2D eigenvalue weighted by molar-refractivity contribution is 5.97. The normalized spacial score (nSPS) is 11.3. The van der Waals surface area contributed by atoms with Crippen LogP contribution in [0.5, 0.6) is 11.5 Å². The van der Waals surface area contributed by atoms with Crippen LogP contribution in [0.15, 0.2) is 42.5 Å². The highest BCUT2D eigenvalue weighted by atomic mass is 16.6. The molecule has 9 nitrogen and oxygen atoms in total. The van der Waals surface area contributed by atoms with Crippen LogP contribution >= 0.6 is 0 Å². The lowest BCUT2D eigenvalue weighted by molar-refractivity contribution is -0.384. The summed E-state index contributed by atoms with van der Waals surface area (Å²) < 4.78 is 10.6. The maximum absolute atomic E-state index is 12.3. The van der Waals surface area contributed by atoms with Gasteiger partial charge in [0.25, 0.3) is 17.5 Å². The van der Waals surface area contributed by atoms with E-state index in [2.05, 4.69) is 5.32 Å². The predicted octanol–water partition coefficient (Wildman–Crippen LogP) is 2.11. The Morgan fingerprint density at radius 2 is 1.85 bits per heavy atom. The molecule has 136 valence electrons. The fourth-order valence-electron chi connectivity index (χ4n) is 2.09. The van der Waals surface area contributed by atoms with Crippen molar-refractivity contribution >= 4 is 23.2 Å². The lowest BCUT2D eigenvalue weighted by atomic mass is 10.1. The molecule has 0 radical (unpaired) electrons. The summed E-state index contributed by atoms with van der Waals surface area (Å²) in [6, 6.07) is 9.80. The number of hydrogen-bond donors (Lipinski definition) is 2. The number of ether oxygens (including phenoxy) is 2. The minimum Gasteiger partial charge on any atom is -0.497 e. The number of hydrogen-bond acceptors (Lipinski definition) is 6. The molecule has 0 aliphatic heterocycles. The number of non-ortho nitro benzene ring substituents is 1. The predicted molar refractivity (Wildman–Crippen MR) is 93.3 cm³/mol. The average Bonchev–Trinajstić information content (AvgIpc) is 2.61. The quantitative estimate of drug-likeness (QED) is 0.574. The van der Waals surface area contributed by atoms with Crippen molar-refractivity contribution in [2.75, 3.05) is 12.4 Å². The smallest absolute Gasteiger partial charge is 0.269 e. The highest BCUT2D eigenvalue weighted by Gasteiger charge is 2.19. The second-order valence-electron chi connectivity index (χ2n) is 5.28. The third kappa shape index (κ3) is 4.47. The van der Waals surface area contributed by atoms with Crippen molar-refractivity contribution in [1.82, 2.24) is 0 Å². The minimum absolute atomic E-state index is 0.0882. The number of benzene rings is 2. The number of nitro groups is 1. The number of anilines is 1. The Labute approximate surface area is 148 Å². The molecule has 0 unspecified atom stereocenters. The SMILES string of the molecule is COc1ccc(C(N)=O)c(O[C@H](C)C(=O)Nc2ccc([N+](=O)[O-])cc2)c1. The zero-order valence-corrected chi connectivity index (χ0v) is 14.1. The minimum atomic E-state index is -0.963. The molecule has 2 rings (SSSR count). The fourth-order valence-corrected chi connectivity index (χ4v) is 2.09. The lowest BCUT2D eigenvalue weighted by Crippen LogP contribution is -2.31. The van der Waals surface area contributed by atoms with Gasteiger partial charge in [0.05, 0.1) is 17.6 Å². The Kier molecular flexibility index (Phi) is 5.74. The first-order valence-electron chi connectivity index (χ1n) is 7.51. The van der Waals surface area contributed by atoms with Crippen molar-refractivity contribution in [3.05, 3.63) is 58.1 Å². The van der Waals surface area contributed by atoms with Gasteiger partial charge in [-0.05, 0) is 31.2 Å². The van der Waals surface area contributed by atoms with Crippen LogP contribution in [-0.2, 0) is 4.79 Å². The van der Waals surface area contributed by atoms with Crippen molar-refractivity contribution in [3.63, 3.8) is 0 Å². The Morgan fingerprint density at radius 1 is 1.19 bits per heavy atom. The summed E-state index contributed by atoms with van der Waals surface area (Å²) in [6.45, 7) is 1.49. The van der Waals surface area contributed by atoms with E-state index in [9.17, 15) is 19.7 Å². The van der Waals surface area contributed by atoms with E-state index in [-0.39, 0.29) is 17.0 Å². The van der Waals surface area contributed by atoms with E-state index in [0.29, 0.717) is 11.4 Å². The number of nitrogens with zero attached hydrogens (tertiary/aromatic N) is 1. The van der Waals surface area contributed by atoms with Crippen LogP contribution in [-0.4, -0.2) is 30.0 Å². The van der Waals surface area contributed by atoms with Crippen LogP contribution in [0, 0.1) is 10.1 Å². The number of methoxy groups -OCH3 is 1. The van der Waals surface area contributed by atoms with Gasteiger partial charge in [0.15, 0.2) is 6.10 Å². The van der Waals surface area contributed by atoms with Crippen molar-refractivity contribution in [1.29, 1.82) is 0 Å². The molecule has 0 fully saturated rings. The van der Waals surface area contributed by atoms with Crippen molar-refractivity contribution in [2.45, 2.75) is 13.0 Å². The van der Waals surface area contributed by atoms with Crippen molar-refractivity contribution in [3.8, 4) is 11.5 Å². The van der Waals surface area contributed by atoms with Gasteiger partial charge in [0.1, 0.15) is 11.5 Å². The molecule has 0 aromatic heterocycles. The summed E-state index contributed by atoms with van der Waals surface area (Å²) in [7, 11) is 1.45. The van der Waals surface area contributed by atoms with Gasteiger partial charge in [0, 0.05) is 23.9 Å². The number of carbonyl (C=O) groups excluding carboxylic acids is 2. The Bertz CT molecular complexity index is 835. The summed E-state index contributed by atoms with van der Waals surface area (Å²) in [5, 5.41) is 13.2. The molecule has 0 heterocycles. The third-order valence-corrected chi connectivity index (χ3v) is 3.47. The number of primary amides is 1. The average molecular weight is 359 g/mol. The Balaban J connectivity index is 2.11. The Morgan fingerprint density at radius 3 is 2.38 bits per heavy atom. The lowest BCUT2D eigenvalue weighted by Gasteiger charge is -2.17. The van der Waals surface area contributed by atoms with E-state index in [4.69, 9.17) is 15.2 Å². The van der Waals surface area contributed by atoms with E-state index in [1.807, 2.05) is 0 Å². The summed E-state index contributed by atoms with van der Waals surface area (Å²) in [5.41, 5.74) is 5.70. The van der Waals surface area contributed by atoms with Gasteiger partial charge < -0.3 is 20.5 Å². The number of nitrogens with one attached hydrogen (secondary N) is 1. The summed E-state index contributed by atoms with van der Waals surface area (Å²) in [5.74, 6) is -0.654. The topological polar surface area (TPSA) is 134 Å². The fraction of sp³-hybridized carbons (Fsp3) is 0.176. The number of nitro benzene ring substituents is 1. The van der Waals surface area contributed by atoms with E-state index < -0.39 is 22.8 Å². The van der Waals surface area contributed by atoms with Gasteiger partial charge in [-0.1, -0.05) is 0 Å². The largest absolute Gasteiger partial charge is 0.497 e. The molecule has 0 saturated heterocycles. The molecular weight excluding hydrogens is 342 g/mol. The van der Waals surface area contributed by atoms with Gasteiger partial charge in [-0.25, -0.2) is 0 Å². The van der Waals surface area contributed by atoms with Gasteiger partial charge in [-0.2, -0.15) is 0 Å². The standard InChI is InChI=1S/C17H17N3O6/c1-10(17(22)19-11-3-5-12(6-4-11)20(23)24)26-15-9-13(25-2)7-8-14(15)16(18)21/h3-10H,1-2H3,(H2,18,21)(H,19,22)/t10-/m1/s1. The monoisotopic (exact) mass is 359 g/mol. The molecule has 2 amide bonds. The molecule has 0 aliphatic carbocycles. The highest BCUT2D eigenvalue weighted by Crippen LogP contribution is 2.26. The Hall–Kier alpha value is -3.62. The first-order valence-corrected chi connectivity index (χ1v) is 7.51. The number of nitrogens with two attached hydrogens (primary N) is 1. The number of carbonyl (C=O) groups is 2. The van der Waals surface area contributed by atoms with Gasteiger partial charge in [-0.3, -0.25) is 19.7 Å². The molecule has 0 saturated carbocycles. The second kappa shape index (κ2) is 7.97. The molecule has 2 aromatic carbocycles. The maximum Gasteiger partial charge on any atom is 0.269 e. The van der Waals surface area contributed by atoms with Crippen molar-refractivity contribution in [2.24, 2.45) is 5.73 Å². The first kappa shape index (κ1) is 18.7. The third-order valence-electron chi connectivity index (χ3n) is 3.47. The zero-order chi connectivity index (χ0) is 19.3. The van der Waals surface area contributed by atoms with Crippen LogP contribution in [0.25, 0.3) is 0 Å². The van der Waals surface area contributed by atoms with E-state index >= 15 is 0 Å². The molecule has 9 heteroatoms. The van der Waals surface area contributed by atoms with Crippen LogP contribution in [0.1, 0.15) is 17.3 Å². The van der Waals surface area contributed by atoms with Crippen LogP contribution in [0.4, 0.5) is 11.4 Å². The molecule has 26 heavy (non-hydrogen) atoms. The van der Waals surface area contributed by atoms with E-state index in [0.717, 1.165) is 0 Å². The van der Waals surface area contributed by atoms with Gasteiger partial charge in [-0.15, -0.1) is 0 Å². The molecule has 0 bridgehead atoms. The summed E-state index contributed by atoms with van der Waals surface area (Å²) in [6.07, 6.45) is -0.963. The molecule has 1 atom stereocenters. The summed E-state index contributed by atoms with van der Waals surface area (Å²) >= 11 is 0. The van der Waals surface area contributed by atoms with Crippen LogP contribution < -0.4 is 20.5 Å². The van der Waals surface area contributed by atoms with Gasteiger partial charge >= 0.3 is 0 Å². The van der Waals surface area contributed by atoms with Crippen molar-refractivity contribution < 1.29 is 24.0 Å². The number of rotatable bonds is 7. The summed E-state index contributed by atoms with van der Waals surface area (Å²) in [4.78, 5) is 33.8. The zero-order valence-electron chi connectivity index (χ0n) is 14.1. The maximum atomic E-state index is 12.3. The molecule has 0 spiro atoms. The second-order valence-corrected chi connectivity index (χ2v) is 5.28. The van der Waals surface area contributed by atoms with Crippen LogP contribution in [0.3, 0.4) is 0 Å². The number of amides is 2. The van der Waals surface area contributed by atoms with E-state index in [1.54, 1.807) is 6.07 Å². The molecule has 0 aliphatic rings. The first-order chi connectivity index (χ1) is 12.3. The molecule has 2 aromatic rings. The van der Waals surface area contributed by atoms with E-state index in [1.165, 1.54) is 50.4 Å². The van der Waals surface area contributed by atoms with Crippen LogP contribution in [0.2, 0.25) is 0 Å². The van der Waals surface area contributed by atoms with Gasteiger partial charge in [0.2, 0.25) is 0 Å².